The molecule has 0 fully saturated rings. The molecule has 2 aromatic heterocycles. The second kappa shape index (κ2) is 4.03. The van der Waals surface area contributed by atoms with E-state index in [1.165, 1.54) is 10.6 Å². The number of aliphatic hydroxyl groups is 1. The Morgan fingerprint density at radius 3 is 3.25 bits per heavy atom. The number of aliphatic hydroxyl groups excluding tert-OH is 1. The maximum absolute atomic E-state index is 9.43. The Bertz CT molecular complexity index is 475. The van der Waals surface area contributed by atoms with Crippen LogP contribution in [0.3, 0.4) is 0 Å². The van der Waals surface area contributed by atoms with Gasteiger partial charge in [0.2, 0.25) is 0 Å². The van der Waals surface area contributed by atoms with Crippen LogP contribution >= 0.6 is 11.3 Å². The number of hydrogen-bond donors (Lipinski definition) is 1. The highest BCUT2D eigenvalue weighted by molar-refractivity contribution is 7.13. The maximum atomic E-state index is 9.43. The van der Waals surface area contributed by atoms with Gasteiger partial charge in [-0.15, -0.1) is 11.3 Å². The van der Waals surface area contributed by atoms with E-state index < -0.39 is 0 Å². The molecule has 0 aromatic carbocycles. The summed E-state index contributed by atoms with van der Waals surface area (Å²) < 4.78 is 2.22. The van der Waals surface area contributed by atoms with Crippen molar-refractivity contribution < 1.29 is 5.11 Å². The topological polar surface area (TPSA) is 38.1 Å². The molecule has 0 bridgehead atoms. The minimum Gasteiger partial charge on any atom is -0.394 e. The van der Waals surface area contributed by atoms with Crippen molar-refractivity contribution in [1.82, 2.24) is 9.55 Å². The van der Waals surface area contributed by atoms with Crippen LogP contribution in [-0.4, -0.2) is 21.3 Å². The van der Waals surface area contributed by atoms with E-state index in [9.17, 15) is 5.11 Å². The Morgan fingerprint density at radius 1 is 1.56 bits per heavy atom. The van der Waals surface area contributed by atoms with Gasteiger partial charge < -0.3 is 9.67 Å². The summed E-state index contributed by atoms with van der Waals surface area (Å²) in [5.74, 6) is 1.02. The zero-order valence-corrected chi connectivity index (χ0v) is 9.78. The fourth-order valence-corrected chi connectivity index (χ4v) is 3.11. The van der Waals surface area contributed by atoms with E-state index in [2.05, 4.69) is 21.0 Å². The van der Waals surface area contributed by atoms with Gasteiger partial charge in [0.15, 0.2) is 5.82 Å². The molecular weight excluding hydrogens is 220 g/mol. The quantitative estimate of drug-likeness (QED) is 0.867. The van der Waals surface area contributed by atoms with E-state index in [0.29, 0.717) is 0 Å². The number of hydrogen-bond acceptors (Lipinski definition) is 3. The van der Waals surface area contributed by atoms with Crippen LogP contribution in [0.1, 0.15) is 24.6 Å². The highest BCUT2D eigenvalue weighted by Crippen LogP contribution is 2.32. The summed E-state index contributed by atoms with van der Waals surface area (Å²) in [4.78, 5) is 5.69. The lowest BCUT2D eigenvalue weighted by Crippen LogP contribution is -2.21. The number of rotatable bonds is 2. The van der Waals surface area contributed by atoms with Crippen LogP contribution in [0.4, 0.5) is 0 Å². The van der Waals surface area contributed by atoms with Gasteiger partial charge in [0.05, 0.1) is 17.5 Å². The molecule has 0 saturated heterocycles. The smallest absolute Gasteiger partial charge is 0.150 e. The summed E-state index contributed by atoms with van der Waals surface area (Å²) in [6.07, 6.45) is 5.24. The standard InChI is InChI=1S/C12H14N2OS/c15-8-10-4-1-3-9-7-13-12(14(9)10)11-5-2-6-16-11/h2,5-7,10,15H,1,3-4,8H2. The van der Waals surface area contributed by atoms with Crippen LogP contribution in [-0.2, 0) is 6.42 Å². The highest BCUT2D eigenvalue weighted by atomic mass is 32.1. The second-order valence-electron chi connectivity index (χ2n) is 4.15. The SMILES string of the molecule is OCC1CCCc2cnc(-c3cccs3)n21. The van der Waals surface area contributed by atoms with E-state index in [1.54, 1.807) is 11.3 Å². The molecule has 1 aliphatic rings. The first-order valence-electron chi connectivity index (χ1n) is 5.61. The van der Waals surface area contributed by atoms with Crippen LogP contribution in [0.2, 0.25) is 0 Å². The fourth-order valence-electron chi connectivity index (χ4n) is 2.40. The number of nitrogens with zero attached hydrogens (tertiary/aromatic N) is 2. The van der Waals surface area contributed by atoms with E-state index in [4.69, 9.17) is 0 Å². The van der Waals surface area contributed by atoms with Gasteiger partial charge in [-0.05, 0) is 30.7 Å². The molecule has 0 saturated carbocycles. The molecule has 1 unspecified atom stereocenters. The summed E-state index contributed by atoms with van der Waals surface area (Å²) in [6.45, 7) is 0.210. The van der Waals surface area contributed by atoms with E-state index in [1.807, 2.05) is 12.3 Å². The van der Waals surface area contributed by atoms with Gasteiger partial charge in [0.25, 0.3) is 0 Å². The van der Waals surface area contributed by atoms with Crippen LogP contribution in [0.5, 0.6) is 0 Å². The molecule has 3 nitrogen and oxygen atoms in total. The van der Waals surface area contributed by atoms with Gasteiger partial charge in [-0.3, -0.25) is 0 Å². The number of aromatic nitrogens is 2. The van der Waals surface area contributed by atoms with Crippen molar-refractivity contribution in [1.29, 1.82) is 0 Å². The number of imidazole rings is 1. The Kier molecular flexibility index (Phi) is 2.53. The van der Waals surface area contributed by atoms with Crippen molar-refractivity contribution in [3.8, 4) is 10.7 Å². The lowest BCUT2D eigenvalue weighted by Gasteiger charge is -2.25. The zero-order chi connectivity index (χ0) is 11.0. The van der Waals surface area contributed by atoms with Gasteiger partial charge >= 0.3 is 0 Å². The third kappa shape index (κ3) is 1.49. The first-order valence-corrected chi connectivity index (χ1v) is 6.49. The van der Waals surface area contributed by atoms with Gasteiger partial charge in [-0.25, -0.2) is 4.98 Å². The Hall–Kier alpha value is -1.13. The first kappa shape index (κ1) is 10.1. The molecule has 0 aliphatic carbocycles. The molecule has 1 atom stereocenters. The number of thiophene rings is 1. The lowest BCUT2D eigenvalue weighted by molar-refractivity contribution is 0.208. The molecular formula is C12H14N2OS. The molecule has 1 aliphatic heterocycles. The zero-order valence-electron chi connectivity index (χ0n) is 8.97. The van der Waals surface area contributed by atoms with Crippen LogP contribution in [0, 0.1) is 0 Å². The monoisotopic (exact) mass is 234 g/mol. The van der Waals surface area contributed by atoms with Crippen molar-refractivity contribution in [2.24, 2.45) is 0 Å². The fraction of sp³-hybridized carbons (Fsp3) is 0.417. The number of aryl methyl sites for hydroxylation is 1. The summed E-state index contributed by atoms with van der Waals surface area (Å²) >= 11 is 1.70. The summed E-state index contributed by atoms with van der Waals surface area (Å²) in [5.41, 5.74) is 1.26. The third-order valence-corrected chi connectivity index (χ3v) is 4.03. The maximum Gasteiger partial charge on any atom is 0.150 e. The van der Waals surface area contributed by atoms with Crippen molar-refractivity contribution in [3.63, 3.8) is 0 Å². The molecule has 4 heteroatoms. The summed E-state index contributed by atoms with van der Waals surface area (Å²) in [5, 5.41) is 11.5. The molecule has 3 rings (SSSR count). The predicted octanol–water partition coefficient (Wildman–Crippen LogP) is 2.48. The lowest BCUT2D eigenvalue weighted by atomic mass is 10.0. The molecule has 84 valence electrons. The largest absolute Gasteiger partial charge is 0.394 e. The average Bonchev–Trinajstić information content (AvgIpc) is 2.96. The molecule has 0 spiro atoms. The third-order valence-electron chi connectivity index (χ3n) is 3.16. The Morgan fingerprint density at radius 2 is 2.50 bits per heavy atom. The average molecular weight is 234 g/mol. The first-order chi connectivity index (χ1) is 7.90. The van der Waals surface area contributed by atoms with Crippen molar-refractivity contribution in [2.45, 2.75) is 25.3 Å². The summed E-state index contributed by atoms with van der Waals surface area (Å²) in [7, 11) is 0. The van der Waals surface area contributed by atoms with E-state index in [-0.39, 0.29) is 12.6 Å². The Labute approximate surface area is 98.4 Å². The predicted molar refractivity (Wildman–Crippen MR) is 64.6 cm³/mol. The molecule has 16 heavy (non-hydrogen) atoms. The van der Waals surface area contributed by atoms with Crippen molar-refractivity contribution in [3.05, 3.63) is 29.4 Å². The molecule has 2 aromatic rings. The van der Waals surface area contributed by atoms with E-state index >= 15 is 0 Å². The van der Waals surface area contributed by atoms with E-state index in [0.717, 1.165) is 25.1 Å². The normalized spacial score (nSPS) is 19.7. The minimum absolute atomic E-state index is 0.210. The summed E-state index contributed by atoms with van der Waals surface area (Å²) in [6, 6.07) is 4.34. The molecule has 1 N–H and O–H groups in total. The van der Waals surface area contributed by atoms with Crippen LogP contribution < -0.4 is 0 Å². The van der Waals surface area contributed by atoms with Crippen LogP contribution in [0.15, 0.2) is 23.7 Å². The highest BCUT2D eigenvalue weighted by Gasteiger charge is 2.23. The minimum atomic E-state index is 0.210. The molecule has 0 radical (unpaired) electrons. The van der Waals surface area contributed by atoms with Crippen molar-refractivity contribution >= 4 is 11.3 Å². The molecule has 0 amide bonds. The van der Waals surface area contributed by atoms with Gasteiger partial charge in [0, 0.05) is 11.9 Å². The second-order valence-corrected chi connectivity index (χ2v) is 5.10. The van der Waals surface area contributed by atoms with Crippen LogP contribution in [0.25, 0.3) is 10.7 Å². The van der Waals surface area contributed by atoms with Gasteiger partial charge in [0.1, 0.15) is 0 Å². The Balaban J connectivity index is 2.11. The van der Waals surface area contributed by atoms with Gasteiger partial charge in [-0.1, -0.05) is 6.07 Å². The van der Waals surface area contributed by atoms with Gasteiger partial charge in [-0.2, -0.15) is 0 Å². The number of fused-ring (bicyclic) bond motifs is 1. The van der Waals surface area contributed by atoms with Crippen molar-refractivity contribution in [2.75, 3.05) is 6.61 Å². The molecule has 3 heterocycles.